The molecule has 0 aliphatic carbocycles. The molecule has 1 heterocycles. The van der Waals surface area contributed by atoms with E-state index in [4.69, 9.17) is 10.5 Å². The van der Waals surface area contributed by atoms with Gasteiger partial charge in [-0.05, 0) is 31.5 Å². The van der Waals surface area contributed by atoms with Crippen molar-refractivity contribution < 1.29 is 9.53 Å². The summed E-state index contributed by atoms with van der Waals surface area (Å²) in [5.41, 5.74) is 8.69. The molecule has 23 heavy (non-hydrogen) atoms. The Morgan fingerprint density at radius 2 is 2.04 bits per heavy atom. The molecule has 2 rings (SSSR count). The van der Waals surface area contributed by atoms with Crippen LogP contribution in [0.5, 0.6) is 0 Å². The van der Waals surface area contributed by atoms with Gasteiger partial charge in [-0.25, -0.2) is 4.68 Å². The van der Waals surface area contributed by atoms with Gasteiger partial charge in [-0.15, -0.1) is 0 Å². The lowest BCUT2D eigenvalue weighted by Crippen LogP contribution is -2.14. The van der Waals surface area contributed by atoms with Gasteiger partial charge in [-0.2, -0.15) is 5.10 Å². The van der Waals surface area contributed by atoms with E-state index in [2.05, 4.69) is 25.9 Å². The van der Waals surface area contributed by atoms with E-state index in [-0.39, 0.29) is 17.3 Å². The van der Waals surface area contributed by atoms with Crippen LogP contribution in [0.2, 0.25) is 0 Å². The molecule has 1 aromatic heterocycles. The van der Waals surface area contributed by atoms with Crippen molar-refractivity contribution in [3.63, 3.8) is 0 Å². The highest BCUT2D eigenvalue weighted by atomic mass is 16.5. The molecule has 0 aliphatic rings. The molecule has 124 valence electrons. The van der Waals surface area contributed by atoms with Crippen LogP contribution in [0.25, 0.3) is 5.69 Å². The van der Waals surface area contributed by atoms with Crippen LogP contribution in [0, 0.1) is 0 Å². The van der Waals surface area contributed by atoms with E-state index < -0.39 is 0 Å². The number of benzene rings is 1. The van der Waals surface area contributed by atoms with E-state index in [1.165, 1.54) is 0 Å². The zero-order chi connectivity index (χ0) is 17.2. The first-order chi connectivity index (χ1) is 10.7. The molecule has 0 saturated carbocycles. The number of hydrogen-bond donors (Lipinski definition) is 1. The molecule has 0 aliphatic heterocycles. The molecule has 5 heteroatoms. The normalized spacial score (nSPS) is 12.9. The Kier molecular flexibility index (Phi) is 4.78. The highest BCUT2D eigenvalue weighted by Gasteiger charge is 2.21. The molecule has 0 fully saturated rings. The molecule has 1 atom stereocenters. The standard InChI is InChI=1S/C18H25N3O2/c1-6-23-17(22)12(2)13-8-7-9-14(10-13)21-16(19)11-15(20-21)18(3,4)5/h7-12H,6,19H2,1-5H3. The fourth-order valence-corrected chi connectivity index (χ4v) is 2.30. The lowest BCUT2D eigenvalue weighted by atomic mass is 9.92. The number of nitrogens with zero attached hydrogens (tertiary/aromatic N) is 2. The van der Waals surface area contributed by atoms with Crippen molar-refractivity contribution in [1.29, 1.82) is 0 Å². The summed E-state index contributed by atoms with van der Waals surface area (Å²) in [6.45, 7) is 10.3. The Hall–Kier alpha value is -2.30. The third kappa shape index (κ3) is 3.73. The molecule has 0 amide bonds. The van der Waals surface area contributed by atoms with E-state index >= 15 is 0 Å². The summed E-state index contributed by atoms with van der Waals surface area (Å²) in [7, 11) is 0. The van der Waals surface area contributed by atoms with Crippen molar-refractivity contribution in [3.8, 4) is 5.69 Å². The molecule has 2 N–H and O–H groups in total. The quantitative estimate of drug-likeness (QED) is 0.878. The second-order valence-corrected chi connectivity index (χ2v) is 6.68. The van der Waals surface area contributed by atoms with Gasteiger partial charge in [0.1, 0.15) is 5.82 Å². The Labute approximate surface area is 137 Å². The zero-order valence-corrected chi connectivity index (χ0v) is 14.5. The van der Waals surface area contributed by atoms with Crippen molar-refractivity contribution in [2.24, 2.45) is 0 Å². The summed E-state index contributed by atoms with van der Waals surface area (Å²) in [5, 5.41) is 4.61. The number of esters is 1. The van der Waals surface area contributed by atoms with Gasteiger partial charge in [-0.3, -0.25) is 4.79 Å². The van der Waals surface area contributed by atoms with Gasteiger partial charge in [0.05, 0.1) is 23.9 Å². The number of carbonyl (C=O) groups excluding carboxylic acids is 1. The van der Waals surface area contributed by atoms with Crippen molar-refractivity contribution in [1.82, 2.24) is 9.78 Å². The number of aromatic nitrogens is 2. The zero-order valence-electron chi connectivity index (χ0n) is 14.5. The van der Waals surface area contributed by atoms with Crippen molar-refractivity contribution >= 4 is 11.8 Å². The third-order valence-electron chi connectivity index (χ3n) is 3.76. The van der Waals surface area contributed by atoms with Crippen LogP contribution < -0.4 is 5.73 Å². The highest BCUT2D eigenvalue weighted by Crippen LogP contribution is 2.26. The Morgan fingerprint density at radius 3 is 2.61 bits per heavy atom. The first kappa shape index (κ1) is 17.1. The lowest BCUT2D eigenvalue weighted by Gasteiger charge is -2.14. The van der Waals surface area contributed by atoms with Crippen LogP contribution in [0.3, 0.4) is 0 Å². The Balaban J connectivity index is 2.37. The maximum Gasteiger partial charge on any atom is 0.313 e. The SMILES string of the molecule is CCOC(=O)C(C)c1cccc(-n2nc(C(C)(C)C)cc2N)c1. The van der Waals surface area contributed by atoms with E-state index in [1.807, 2.05) is 37.3 Å². The van der Waals surface area contributed by atoms with Crippen LogP contribution in [0.1, 0.15) is 51.8 Å². The molecular weight excluding hydrogens is 290 g/mol. The van der Waals surface area contributed by atoms with Gasteiger partial charge in [0, 0.05) is 11.5 Å². The summed E-state index contributed by atoms with van der Waals surface area (Å²) in [6.07, 6.45) is 0. The summed E-state index contributed by atoms with van der Waals surface area (Å²) in [4.78, 5) is 11.9. The number of nitrogens with two attached hydrogens (primary N) is 1. The third-order valence-corrected chi connectivity index (χ3v) is 3.76. The maximum atomic E-state index is 11.9. The van der Waals surface area contributed by atoms with Crippen LogP contribution in [0.15, 0.2) is 30.3 Å². The summed E-state index contributed by atoms with van der Waals surface area (Å²) >= 11 is 0. The molecule has 0 saturated heterocycles. The largest absolute Gasteiger partial charge is 0.466 e. The summed E-state index contributed by atoms with van der Waals surface area (Å²) in [5.74, 6) is 0.0260. The van der Waals surface area contributed by atoms with Gasteiger partial charge >= 0.3 is 5.97 Å². The van der Waals surface area contributed by atoms with E-state index in [1.54, 1.807) is 11.6 Å². The molecule has 1 aromatic carbocycles. The average Bonchev–Trinajstić information content (AvgIpc) is 2.89. The summed E-state index contributed by atoms with van der Waals surface area (Å²) < 4.78 is 6.80. The lowest BCUT2D eigenvalue weighted by molar-refractivity contribution is -0.144. The van der Waals surface area contributed by atoms with Crippen LogP contribution in [-0.2, 0) is 14.9 Å². The number of anilines is 1. The van der Waals surface area contributed by atoms with Gasteiger partial charge in [0.25, 0.3) is 0 Å². The molecular formula is C18H25N3O2. The second-order valence-electron chi connectivity index (χ2n) is 6.68. The molecule has 0 spiro atoms. The van der Waals surface area contributed by atoms with E-state index in [0.29, 0.717) is 12.4 Å². The summed E-state index contributed by atoms with van der Waals surface area (Å²) in [6, 6.07) is 9.56. The number of carbonyl (C=O) groups is 1. The van der Waals surface area contributed by atoms with Gasteiger partial charge < -0.3 is 10.5 Å². The molecule has 0 bridgehead atoms. The number of ether oxygens (including phenoxy) is 1. The smallest absolute Gasteiger partial charge is 0.313 e. The average molecular weight is 315 g/mol. The minimum Gasteiger partial charge on any atom is -0.466 e. The second kappa shape index (κ2) is 6.44. The minimum atomic E-state index is -0.325. The van der Waals surface area contributed by atoms with Crippen LogP contribution in [-0.4, -0.2) is 22.4 Å². The number of nitrogen functional groups attached to an aromatic ring is 1. The fourth-order valence-electron chi connectivity index (χ4n) is 2.30. The first-order valence-electron chi connectivity index (χ1n) is 7.87. The van der Waals surface area contributed by atoms with E-state index in [9.17, 15) is 4.79 Å². The monoisotopic (exact) mass is 315 g/mol. The molecule has 5 nitrogen and oxygen atoms in total. The van der Waals surface area contributed by atoms with Crippen LogP contribution in [0.4, 0.5) is 5.82 Å². The van der Waals surface area contributed by atoms with Crippen molar-refractivity contribution in [2.45, 2.75) is 46.0 Å². The van der Waals surface area contributed by atoms with Gasteiger partial charge in [-0.1, -0.05) is 32.9 Å². The maximum absolute atomic E-state index is 11.9. The molecule has 2 aromatic rings. The molecule has 1 unspecified atom stereocenters. The Morgan fingerprint density at radius 1 is 1.35 bits per heavy atom. The first-order valence-corrected chi connectivity index (χ1v) is 7.87. The van der Waals surface area contributed by atoms with E-state index in [0.717, 1.165) is 16.9 Å². The topological polar surface area (TPSA) is 70.1 Å². The van der Waals surface area contributed by atoms with Crippen molar-refractivity contribution in [2.75, 3.05) is 12.3 Å². The fraction of sp³-hybridized carbons (Fsp3) is 0.444. The highest BCUT2D eigenvalue weighted by molar-refractivity contribution is 5.77. The predicted molar refractivity (Wildman–Crippen MR) is 91.7 cm³/mol. The Bertz CT molecular complexity index is 699. The number of hydrogen-bond acceptors (Lipinski definition) is 4. The van der Waals surface area contributed by atoms with Gasteiger partial charge in [0.2, 0.25) is 0 Å². The minimum absolute atomic E-state index is 0.0742. The van der Waals surface area contributed by atoms with Gasteiger partial charge in [0.15, 0.2) is 0 Å². The number of rotatable bonds is 4. The predicted octanol–water partition coefficient (Wildman–Crippen LogP) is 3.42. The molecule has 0 radical (unpaired) electrons. The van der Waals surface area contributed by atoms with Crippen molar-refractivity contribution in [3.05, 3.63) is 41.6 Å². The van der Waals surface area contributed by atoms with Crippen LogP contribution >= 0.6 is 0 Å².